The number of aliphatic hydroxyl groups is 1. The average Bonchev–Trinajstić information content (AvgIpc) is 2.99. The molecule has 0 spiro atoms. The van der Waals surface area contributed by atoms with Gasteiger partial charge in [-0.25, -0.2) is 9.37 Å². The monoisotopic (exact) mass is 592 g/mol. The van der Waals surface area contributed by atoms with Gasteiger partial charge in [-0.3, -0.25) is 24.5 Å². The number of amides is 2. The molecule has 0 bridgehead atoms. The fourth-order valence-corrected chi connectivity index (χ4v) is 5.46. The van der Waals surface area contributed by atoms with E-state index in [9.17, 15) is 19.1 Å². The molecule has 2 amide bonds. The highest BCUT2D eigenvalue weighted by Crippen LogP contribution is 2.39. The summed E-state index contributed by atoms with van der Waals surface area (Å²) in [6, 6.07) is 9.04. The maximum absolute atomic E-state index is 15.0. The predicted molar refractivity (Wildman–Crippen MR) is 163 cm³/mol. The highest BCUT2D eigenvalue weighted by Gasteiger charge is 2.34. The number of benzene rings is 1. The molecule has 4 rings (SSSR count). The summed E-state index contributed by atoms with van der Waals surface area (Å²) in [5, 5.41) is 10.5. The van der Waals surface area contributed by atoms with Gasteiger partial charge in [0.05, 0.1) is 40.3 Å². The Labute approximate surface area is 250 Å². The first-order valence-corrected chi connectivity index (χ1v) is 14.0. The number of hydrogen-bond acceptors (Lipinski definition) is 6. The topological polar surface area (TPSA) is 102 Å². The van der Waals surface area contributed by atoms with Gasteiger partial charge < -0.3 is 14.9 Å². The summed E-state index contributed by atoms with van der Waals surface area (Å²) in [6.45, 7) is 10.1. The zero-order valence-electron chi connectivity index (χ0n) is 24.1. The van der Waals surface area contributed by atoms with Crippen LogP contribution in [0.25, 0.3) is 11.3 Å². The maximum Gasteiger partial charge on any atom is 0.246 e. The average molecular weight is 593 g/mol. The maximum atomic E-state index is 15.0. The number of aromatic nitrogens is 2. The van der Waals surface area contributed by atoms with Crippen molar-refractivity contribution in [2.45, 2.75) is 32.7 Å². The van der Waals surface area contributed by atoms with Crippen LogP contribution in [0.5, 0.6) is 0 Å². The molecule has 1 aliphatic rings. The standard InChI is InChI=1S/C31H34ClFN6O3/c1-6-26(42)37-13-14-38(21(16-37)17-40)30(34-5)23-15-24(32)28(22-9-7-8-10-25(22)33)36-31(23)39(18-41)29-20(4)11-12-35-27(29)19(2)3/h6-12,15,18-19,21,40H,1,13-14,16-17H2,2-5H3. The number of aliphatic hydroxyl groups excluding tert-OH is 1. The van der Waals surface area contributed by atoms with Crippen LogP contribution in [-0.2, 0) is 9.59 Å². The third-order valence-corrected chi connectivity index (χ3v) is 7.55. The Balaban J connectivity index is 1.97. The molecule has 11 heteroatoms. The second-order valence-electron chi connectivity index (χ2n) is 10.2. The third-order valence-electron chi connectivity index (χ3n) is 7.27. The Kier molecular flexibility index (Phi) is 9.70. The van der Waals surface area contributed by atoms with E-state index in [-0.39, 0.29) is 47.1 Å². The highest BCUT2D eigenvalue weighted by atomic mass is 35.5. The van der Waals surface area contributed by atoms with E-state index in [1.807, 2.05) is 25.7 Å². The molecular weight excluding hydrogens is 559 g/mol. The molecule has 1 unspecified atom stereocenters. The molecule has 1 aromatic carbocycles. The molecule has 1 saturated heterocycles. The number of rotatable bonds is 8. The Bertz CT molecular complexity index is 1530. The van der Waals surface area contributed by atoms with E-state index in [0.717, 1.165) is 5.56 Å². The summed E-state index contributed by atoms with van der Waals surface area (Å²) in [6.07, 6.45) is 3.58. The number of pyridine rings is 2. The number of halogens is 2. The van der Waals surface area contributed by atoms with Gasteiger partial charge in [0.25, 0.3) is 0 Å². The van der Waals surface area contributed by atoms with E-state index < -0.39 is 11.9 Å². The summed E-state index contributed by atoms with van der Waals surface area (Å²) in [5.41, 5.74) is 2.74. The van der Waals surface area contributed by atoms with Crippen LogP contribution in [0.3, 0.4) is 0 Å². The van der Waals surface area contributed by atoms with Gasteiger partial charge in [0.2, 0.25) is 12.3 Å². The van der Waals surface area contributed by atoms with Gasteiger partial charge in [-0.2, -0.15) is 0 Å². The van der Waals surface area contributed by atoms with Gasteiger partial charge in [-0.15, -0.1) is 0 Å². The van der Waals surface area contributed by atoms with Crippen molar-refractivity contribution in [1.82, 2.24) is 19.8 Å². The molecule has 0 radical (unpaired) electrons. The number of nitrogens with zero attached hydrogens (tertiary/aromatic N) is 6. The Morgan fingerprint density at radius 2 is 2.05 bits per heavy atom. The molecule has 1 aliphatic heterocycles. The van der Waals surface area contributed by atoms with Gasteiger partial charge in [0.15, 0.2) is 5.82 Å². The summed E-state index contributed by atoms with van der Waals surface area (Å²) in [4.78, 5) is 44.1. The van der Waals surface area contributed by atoms with Gasteiger partial charge >= 0.3 is 0 Å². The minimum absolute atomic E-state index is 0.0299. The lowest BCUT2D eigenvalue weighted by Crippen LogP contribution is -2.58. The molecule has 220 valence electrons. The van der Waals surface area contributed by atoms with Crippen molar-refractivity contribution in [2.75, 3.05) is 38.2 Å². The van der Waals surface area contributed by atoms with Crippen LogP contribution >= 0.6 is 11.6 Å². The zero-order valence-corrected chi connectivity index (χ0v) is 24.8. The molecule has 1 fully saturated rings. The molecule has 0 aliphatic carbocycles. The summed E-state index contributed by atoms with van der Waals surface area (Å²) >= 11 is 6.77. The molecule has 1 atom stereocenters. The Morgan fingerprint density at radius 3 is 2.67 bits per heavy atom. The van der Waals surface area contributed by atoms with Gasteiger partial charge in [-0.1, -0.05) is 44.2 Å². The van der Waals surface area contributed by atoms with Crippen LogP contribution in [0.1, 0.15) is 36.6 Å². The van der Waals surface area contributed by atoms with E-state index in [1.54, 1.807) is 48.5 Å². The second-order valence-corrected chi connectivity index (χ2v) is 10.6. The van der Waals surface area contributed by atoms with Crippen molar-refractivity contribution in [3.8, 4) is 11.3 Å². The SMILES string of the molecule is C=CC(=O)N1CCN(C(=NC)c2cc(Cl)c(-c3ccccc3F)nc2N(C=O)c2c(C)ccnc2C(C)C)C(CO)C1. The lowest BCUT2D eigenvalue weighted by atomic mass is 10.0. The Morgan fingerprint density at radius 1 is 1.31 bits per heavy atom. The molecule has 3 aromatic rings. The number of piperazine rings is 1. The fourth-order valence-electron chi connectivity index (χ4n) is 5.21. The largest absolute Gasteiger partial charge is 0.394 e. The van der Waals surface area contributed by atoms with Crippen LogP contribution in [0.15, 0.2) is 60.2 Å². The van der Waals surface area contributed by atoms with Crippen LogP contribution in [0, 0.1) is 12.7 Å². The predicted octanol–water partition coefficient (Wildman–Crippen LogP) is 4.73. The van der Waals surface area contributed by atoms with E-state index in [4.69, 9.17) is 16.6 Å². The number of amidine groups is 1. The molecular formula is C31H34ClFN6O3. The van der Waals surface area contributed by atoms with Gasteiger partial charge in [0.1, 0.15) is 11.7 Å². The lowest BCUT2D eigenvalue weighted by molar-refractivity contribution is -0.128. The van der Waals surface area contributed by atoms with Crippen molar-refractivity contribution < 1.29 is 19.1 Å². The van der Waals surface area contributed by atoms with Gasteiger partial charge in [-0.05, 0) is 48.7 Å². The summed E-state index contributed by atoms with van der Waals surface area (Å²) in [5.74, 6) is -0.200. The fraction of sp³-hybridized carbons (Fsp3) is 0.323. The van der Waals surface area contributed by atoms with Crippen LogP contribution < -0.4 is 4.90 Å². The minimum atomic E-state index is -0.517. The molecule has 9 nitrogen and oxygen atoms in total. The minimum Gasteiger partial charge on any atom is -0.394 e. The number of carbonyl (C=O) groups excluding carboxylic acids is 2. The first-order valence-electron chi connectivity index (χ1n) is 13.6. The Hall–Kier alpha value is -4.15. The van der Waals surface area contributed by atoms with Crippen molar-refractivity contribution in [2.24, 2.45) is 4.99 Å². The van der Waals surface area contributed by atoms with Crippen LogP contribution in [0.2, 0.25) is 5.02 Å². The van der Waals surface area contributed by atoms with Crippen LogP contribution in [-0.4, -0.2) is 82.4 Å². The van der Waals surface area contributed by atoms with Gasteiger partial charge in [0, 0.05) is 38.4 Å². The first kappa shape index (κ1) is 30.8. The normalized spacial score (nSPS) is 15.6. The number of hydrogen-bond donors (Lipinski definition) is 1. The second kappa shape index (κ2) is 13.2. The molecule has 42 heavy (non-hydrogen) atoms. The van der Waals surface area contributed by atoms with E-state index in [2.05, 4.69) is 16.6 Å². The first-order chi connectivity index (χ1) is 20.2. The molecule has 2 aromatic heterocycles. The highest BCUT2D eigenvalue weighted by molar-refractivity contribution is 6.33. The van der Waals surface area contributed by atoms with E-state index in [0.29, 0.717) is 42.3 Å². The van der Waals surface area contributed by atoms with Crippen molar-refractivity contribution in [3.05, 3.63) is 82.9 Å². The number of aliphatic imine (C=N–C) groups is 1. The zero-order chi connectivity index (χ0) is 30.6. The number of carbonyl (C=O) groups is 2. The van der Waals surface area contributed by atoms with Crippen molar-refractivity contribution >= 4 is 41.3 Å². The summed E-state index contributed by atoms with van der Waals surface area (Å²) in [7, 11) is 1.59. The smallest absolute Gasteiger partial charge is 0.246 e. The van der Waals surface area contributed by atoms with Crippen LogP contribution in [0.4, 0.5) is 15.9 Å². The number of anilines is 2. The third kappa shape index (κ3) is 5.91. The van der Waals surface area contributed by atoms with E-state index in [1.165, 1.54) is 17.0 Å². The quantitative estimate of drug-likeness (QED) is 0.176. The lowest BCUT2D eigenvalue weighted by Gasteiger charge is -2.42. The van der Waals surface area contributed by atoms with E-state index >= 15 is 0 Å². The van der Waals surface area contributed by atoms with Crippen molar-refractivity contribution in [1.29, 1.82) is 0 Å². The molecule has 0 saturated carbocycles. The van der Waals surface area contributed by atoms with Crippen molar-refractivity contribution in [3.63, 3.8) is 0 Å². The molecule has 3 heterocycles. The summed E-state index contributed by atoms with van der Waals surface area (Å²) < 4.78 is 15.0. The number of aryl methyl sites for hydroxylation is 1. The molecule has 1 N–H and O–H groups in total.